The zero-order chi connectivity index (χ0) is 9.07. The van der Waals surface area contributed by atoms with Gasteiger partial charge in [-0.1, -0.05) is 25.0 Å². The lowest BCUT2D eigenvalue weighted by atomic mass is 10.2. The van der Waals surface area contributed by atoms with Crippen LogP contribution in [0.5, 0.6) is 0 Å². The van der Waals surface area contributed by atoms with Crippen molar-refractivity contribution in [3.05, 3.63) is 12.2 Å². The van der Waals surface area contributed by atoms with Crippen molar-refractivity contribution < 1.29 is 4.74 Å². The van der Waals surface area contributed by atoms with Gasteiger partial charge in [0.1, 0.15) is 0 Å². The molecule has 0 fully saturated rings. The van der Waals surface area contributed by atoms with E-state index in [-0.39, 0.29) is 0 Å². The molecule has 0 saturated heterocycles. The van der Waals surface area contributed by atoms with Crippen molar-refractivity contribution in [2.24, 2.45) is 0 Å². The standard InChI is InChI=1S/C10H19ClO/c1-2-3-9-12-10-7-5-4-6-8-11/h2-3H,4-10H2,1H3. The van der Waals surface area contributed by atoms with Crippen LogP contribution in [0.2, 0.25) is 0 Å². The van der Waals surface area contributed by atoms with Crippen LogP contribution in [0.25, 0.3) is 0 Å². The number of hydrogen-bond donors (Lipinski definition) is 0. The highest BCUT2D eigenvalue weighted by Gasteiger charge is 1.88. The van der Waals surface area contributed by atoms with Crippen LogP contribution in [-0.2, 0) is 4.74 Å². The lowest BCUT2D eigenvalue weighted by Gasteiger charge is -2.00. The first-order valence-electron chi connectivity index (χ1n) is 4.66. The van der Waals surface area contributed by atoms with E-state index in [9.17, 15) is 0 Å². The monoisotopic (exact) mass is 190 g/mol. The highest BCUT2D eigenvalue weighted by atomic mass is 35.5. The molecule has 0 aliphatic rings. The summed E-state index contributed by atoms with van der Waals surface area (Å²) < 4.78 is 5.33. The quantitative estimate of drug-likeness (QED) is 0.324. The second kappa shape index (κ2) is 11.0. The second-order valence-electron chi connectivity index (χ2n) is 2.75. The first kappa shape index (κ1) is 12.0. The number of rotatable bonds is 8. The van der Waals surface area contributed by atoms with Gasteiger partial charge in [0.15, 0.2) is 0 Å². The SMILES string of the molecule is CC=CCOCCCCCCCl. The van der Waals surface area contributed by atoms with Crippen LogP contribution in [0, 0.1) is 0 Å². The molecule has 0 aliphatic heterocycles. The molecule has 0 aromatic carbocycles. The third-order valence-corrected chi connectivity index (χ3v) is 1.89. The minimum Gasteiger partial charge on any atom is -0.377 e. The Morgan fingerprint density at radius 3 is 2.58 bits per heavy atom. The molecule has 72 valence electrons. The summed E-state index contributed by atoms with van der Waals surface area (Å²) in [6, 6.07) is 0. The topological polar surface area (TPSA) is 9.23 Å². The van der Waals surface area contributed by atoms with Crippen LogP contribution in [0.1, 0.15) is 32.6 Å². The number of hydrogen-bond acceptors (Lipinski definition) is 1. The molecule has 0 rings (SSSR count). The third kappa shape index (κ3) is 9.99. The number of allylic oxidation sites excluding steroid dienone is 1. The van der Waals surface area contributed by atoms with Crippen LogP contribution in [0.4, 0.5) is 0 Å². The van der Waals surface area contributed by atoms with Gasteiger partial charge in [-0.25, -0.2) is 0 Å². The van der Waals surface area contributed by atoms with Crippen molar-refractivity contribution in [1.29, 1.82) is 0 Å². The van der Waals surface area contributed by atoms with Crippen LogP contribution in [0.15, 0.2) is 12.2 Å². The van der Waals surface area contributed by atoms with Crippen molar-refractivity contribution >= 4 is 11.6 Å². The molecule has 2 heteroatoms. The van der Waals surface area contributed by atoms with Gasteiger partial charge in [0.05, 0.1) is 6.61 Å². The molecule has 0 heterocycles. The van der Waals surface area contributed by atoms with Gasteiger partial charge in [0, 0.05) is 12.5 Å². The van der Waals surface area contributed by atoms with Gasteiger partial charge in [-0.3, -0.25) is 0 Å². The van der Waals surface area contributed by atoms with Gasteiger partial charge >= 0.3 is 0 Å². The summed E-state index contributed by atoms with van der Waals surface area (Å²) in [4.78, 5) is 0. The van der Waals surface area contributed by atoms with Crippen LogP contribution in [-0.4, -0.2) is 19.1 Å². The summed E-state index contributed by atoms with van der Waals surface area (Å²) in [5, 5.41) is 0. The summed E-state index contributed by atoms with van der Waals surface area (Å²) in [5.41, 5.74) is 0. The van der Waals surface area contributed by atoms with E-state index in [0.717, 1.165) is 31.9 Å². The van der Waals surface area contributed by atoms with Gasteiger partial charge in [-0.2, -0.15) is 0 Å². The van der Waals surface area contributed by atoms with E-state index in [0.29, 0.717) is 0 Å². The number of halogens is 1. The minimum atomic E-state index is 0.756. The highest BCUT2D eigenvalue weighted by Crippen LogP contribution is 2.00. The minimum absolute atomic E-state index is 0.756. The number of alkyl halides is 1. The molecule has 0 radical (unpaired) electrons. The maximum Gasteiger partial charge on any atom is 0.0647 e. The summed E-state index contributed by atoms with van der Waals surface area (Å²) in [6.07, 6.45) is 8.80. The molecule has 0 aromatic heterocycles. The lowest BCUT2D eigenvalue weighted by Crippen LogP contribution is -1.94. The van der Waals surface area contributed by atoms with E-state index in [1.165, 1.54) is 12.8 Å². The Kier molecular flexibility index (Phi) is 11.0. The Bertz CT molecular complexity index is 102. The molecule has 0 saturated carbocycles. The number of unbranched alkanes of at least 4 members (excludes halogenated alkanes) is 3. The number of ether oxygens (including phenoxy) is 1. The Labute approximate surface area is 80.8 Å². The maximum atomic E-state index is 5.54. The van der Waals surface area contributed by atoms with Crippen LogP contribution < -0.4 is 0 Å². The average molecular weight is 191 g/mol. The Morgan fingerprint density at radius 1 is 1.17 bits per heavy atom. The average Bonchev–Trinajstić information content (AvgIpc) is 2.10. The van der Waals surface area contributed by atoms with Crippen molar-refractivity contribution in [2.75, 3.05) is 19.1 Å². The van der Waals surface area contributed by atoms with Crippen LogP contribution >= 0.6 is 11.6 Å². The van der Waals surface area contributed by atoms with E-state index in [2.05, 4.69) is 0 Å². The van der Waals surface area contributed by atoms with Gasteiger partial charge in [-0.15, -0.1) is 11.6 Å². The van der Waals surface area contributed by atoms with E-state index in [4.69, 9.17) is 16.3 Å². The van der Waals surface area contributed by atoms with E-state index in [1.54, 1.807) is 0 Å². The predicted octanol–water partition coefficient (Wildman–Crippen LogP) is 3.38. The molecular weight excluding hydrogens is 172 g/mol. The van der Waals surface area contributed by atoms with Crippen molar-refractivity contribution in [3.8, 4) is 0 Å². The summed E-state index contributed by atoms with van der Waals surface area (Å²) in [7, 11) is 0. The smallest absolute Gasteiger partial charge is 0.0647 e. The Balaban J connectivity index is 2.81. The largest absolute Gasteiger partial charge is 0.377 e. The molecule has 0 aliphatic carbocycles. The fourth-order valence-electron chi connectivity index (χ4n) is 0.900. The summed E-state index contributed by atoms with van der Waals surface area (Å²) >= 11 is 5.54. The first-order chi connectivity index (χ1) is 5.91. The zero-order valence-corrected chi connectivity index (χ0v) is 8.65. The lowest BCUT2D eigenvalue weighted by molar-refractivity contribution is 0.157. The molecule has 1 nitrogen and oxygen atoms in total. The molecular formula is C10H19ClO. The molecule has 0 unspecified atom stereocenters. The molecule has 0 spiro atoms. The van der Waals surface area contributed by atoms with Crippen molar-refractivity contribution in [1.82, 2.24) is 0 Å². The Morgan fingerprint density at radius 2 is 1.92 bits per heavy atom. The molecule has 0 N–H and O–H groups in total. The second-order valence-corrected chi connectivity index (χ2v) is 3.13. The molecule has 0 aromatic rings. The van der Waals surface area contributed by atoms with Crippen molar-refractivity contribution in [3.63, 3.8) is 0 Å². The molecule has 0 amide bonds. The van der Waals surface area contributed by atoms with E-state index in [1.807, 2.05) is 19.1 Å². The molecule has 0 atom stereocenters. The summed E-state index contributed by atoms with van der Waals surface area (Å²) in [6.45, 7) is 3.64. The fourth-order valence-corrected chi connectivity index (χ4v) is 1.09. The zero-order valence-electron chi connectivity index (χ0n) is 7.89. The van der Waals surface area contributed by atoms with Crippen LogP contribution in [0.3, 0.4) is 0 Å². The maximum absolute atomic E-state index is 5.54. The first-order valence-corrected chi connectivity index (χ1v) is 5.20. The predicted molar refractivity (Wildman–Crippen MR) is 54.8 cm³/mol. The van der Waals surface area contributed by atoms with Gasteiger partial charge < -0.3 is 4.74 Å². The fraction of sp³-hybridized carbons (Fsp3) is 0.800. The van der Waals surface area contributed by atoms with Gasteiger partial charge in [0.25, 0.3) is 0 Å². The van der Waals surface area contributed by atoms with Crippen molar-refractivity contribution in [2.45, 2.75) is 32.6 Å². The van der Waals surface area contributed by atoms with Gasteiger partial charge in [0.2, 0.25) is 0 Å². The van der Waals surface area contributed by atoms with E-state index < -0.39 is 0 Å². The Hall–Kier alpha value is -0.0100. The highest BCUT2D eigenvalue weighted by molar-refractivity contribution is 6.17. The molecule has 12 heavy (non-hydrogen) atoms. The van der Waals surface area contributed by atoms with E-state index >= 15 is 0 Å². The normalized spacial score (nSPS) is 11.2. The third-order valence-electron chi connectivity index (χ3n) is 1.62. The van der Waals surface area contributed by atoms with Gasteiger partial charge in [-0.05, 0) is 19.8 Å². The summed E-state index contributed by atoms with van der Waals surface area (Å²) in [5.74, 6) is 0.791. The molecule has 0 bridgehead atoms.